The molecule has 0 spiro atoms. The molecule has 1 nitrogen and oxygen atoms in total. The third kappa shape index (κ3) is 5.70. The molecule has 1 heterocycles. The van der Waals surface area contributed by atoms with Crippen LogP contribution in [0, 0.1) is 0 Å². The van der Waals surface area contributed by atoms with E-state index in [-0.39, 0.29) is 57.1 Å². The minimum absolute atomic E-state index is 0. The molecule has 0 aliphatic rings. The van der Waals surface area contributed by atoms with Crippen molar-refractivity contribution in [2.75, 3.05) is 5.75 Å². The fraction of sp³-hybridized carbons (Fsp3) is 0.125. The standard InChI is InChI=1S/C8H7BBrF3NS.K/c1-6(9(11,12)13)5-15-8-7(10)3-2-4-14-8;/h2-4H,1,5H2;/q-1;+1. The van der Waals surface area contributed by atoms with Crippen LogP contribution in [-0.4, -0.2) is 17.7 Å². The number of hydrogen-bond acceptors (Lipinski definition) is 2. The topological polar surface area (TPSA) is 12.9 Å². The molecule has 0 aromatic carbocycles. The van der Waals surface area contributed by atoms with Crippen LogP contribution in [0.3, 0.4) is 0 Å². The number of aromatic nitrogens is 1. The molecule has 1 aromatic heterocycles. The predicted octanol–water partition coefficient (Wildman–Crippen LogP) is 0.883. The maximum Gasteiger partial charge on any atom is 1.00 e. The van der Waals surface area contributed by atoms with Crippen LogP contribution in [0.2, 0.25) is 0 Å². The van der Waals surface area contributed by atoms with E-state index in [1.165, 1.54) is 6.20 Å². The Balaban J connectivity index is 0.00000225. The smallest absolute Gasteiger partial charge is 0.445 e. The van der Waals surface area contributed by atoms with E-state index < -0.39 is 12.4 Å². The van der Waals surface area contributed by atoms with Gasteiger partial charge in [0.2, 0.25) is 0 Å². The van der Waals surface area contributed by atoms with Crippen molar-refractivity contribution >= 4 is 34.7 Å². The summed E-state index contributed by atoms with van der Waals surface area (Å²) in [5.41, 5.74) is -0.697. The normalized spacial score (nSPS) is 10.8. The summed E-state index contributed by atoms with van der Waals surface area (Å²) < 4.78 is 37.2. The summed E-state index contributed by atoms with van der Waals surface area (Å²) in [4.78, 5) is 3.95. The number of hydrogen-bond donors (Lipinski definition) is 0. The van der Waals surface area contributed by atoms with Gasteiger partial charge in [-0.05, 0) is 33.8 Å². The molecule has 1 rings (SSSR count). The van der Waals surface area contributed by atoms with Crippen LogP contribution >= 0.6 is 27.7 Å². The Bertz CT molecular complexity index is 375. The Morgan fingerprint density at radius 2 is 2.12 bits per heavy atom. The molecule has 0 amide bonds. The SMILES string of the molecule is C=C(CSc1ncccc1Br)[B-](F)(F)F.[K+]. The Labute approximate surface area is 147 Å². The van der Waals surface area contributed by atoms with Crippen molar-refractivity contribution in [3.63, 3.8) is 0 Å². The largest absolute Gasteiger partial charge is 1.00 e. The molecule has 0 bridgehead atoms. The monoisotopic (exact) mass is 335 g/mol. The number of rotatable bonds is 4. The first-order valence-corrected chi connectivity index (χ1v) is 5.80. The fourth-order valence-electron chi connectivity index (χ4n) is 0.733. The molecule has 0 saturated carbocycles. The average Bonchev–Trinajstić information content (AvgIpc) is 2.14. The van der Waals surface area contributed by atoms with Gasteiger partial charge in [-0.15, -0.1) is 23.8 Å². The summed E-state index contributed by atoms with van der Waals surface area (Å²) in [5.74, 6) is -0.181. The molecule has 0 atom stereocenters. The van der Waals surface area contributed by atoms with Crippen LogP contribution < -0.4 is 51.4 Å². The van der Waals surface area contributed by atoms with E-state index >= 15 is 0 Å². The van der Waals surface area contributed by atoms with E-state index in [2.05, 4.69) is 27.5 Å². The molecule has 0 fully saturated rings. The second-order valence-corrected chi connectivity index (χ2v) is 4.63. The molecule has 0 aliphatic heterocycles. The van der Waals surface area contributed by atoms with Crippen molar-refractivity contribution in [1.29, 1.82) is 0 Å². The Kier molecular flexibility index (Phi) is 8.18. The molecule has 1 aromatic rings. The van der Waals surface area contributed by atoms with Crippen LogP contribution in [-0.2, 0) is 0 Å². The van der Waals surface area contributed by atoms with E-state index in [9.17, 15) is 12.9 Å². The van der Waals surface area contributed by atoms with Crippen molar-refractivity contribution in [3.8, 4) is 0 Å². The summed E-state index contributed by atoms with van der Waals surface area (Å²) in [6.45, 7) is -1.93. The van der Waals surface area contributed by atoms with Gasteiger partial charge in [-0.3, -0.25) is 0 Å². The van der Waals surface area contributed by atoms with Gasteiger partial charge in [-0.2, -0.15) is 0 Å². The zero-order chi connectivity index (χ0) is 11.5. The minimum atomic E-state index is -4.94. The Morgan fingerprint density at radius 3 is 2.62 bits per heavy atom. The molecule has 82 valence electrons. The first kappa shape index (κ1) is 17.2. The van der Waals surface area contributed by atoms with Gasteiger partial charge in [0.1, 0.15) is 5.03 Å². The zero-order valence-corrected chi connectivity index (χ0v) is 14.1. The third-order valence-corrected chi connectivity index (χ3v) is 3.60. The number of halogens is 4. The predicted molar refractivity (Wildman–Crippen MR) is 60.9 cm³/mol. The van der Waals surface area contributed by atoms with Crippen molar-refractivity contribution in [2.45, 2.75) is 5.03 Å². The molecule has 0 radical (unpaired) electrons. The van der Waals surface area contributed by atoms with Gasteiger partial charge in [0.05, 0.1) is 0 Å². The van der Waals surface area contributed by atoms with Gasteiger partial charge < -0.3 is 12.9 Å². The maximum absolute atomic E-state index is 12.2. The summed E-state index contributed by atoms with van der Waals surface area (Å²) in [6.07, 6.45) is 1.54. The summed E-state index contributed by atoms with van der Waals surface area (Å²) in [5, 5.41) is 0.540. The van der Waals surface area contributed by atoms with E-state index in [0.29, 0.717) is 9.50 Å². The second kappa shape index (κ2) is 7.60. The number of nitrogens with zero attached hydrogens (tertiary/aromatic N) is 1. The van der Waals surface area contributed by atoms with Gasteiger partial charge in [-0.25, -0.2) is 4.98 Å². The van der Waals surface area contributed by atoms with Gasteiger partial charge in [0, 0.05) is 10.7 Å². The first-order chi connectivity index (χ1) is 6.91. The first-order valence-electron chi connectivity index (χ1n) is 4.02. The Hall–Kier alpha value is 1.21. The molecule has 0 saturated heterocycles. The van der Waals surface area contributed by atoms with Crippen LogP contribution in [0.5, 0.6) is 0 Å². The van der Waals surface area contributed by atoms with Gasteiger partial charge in [0.25, 0.3) is 0 Å². The maximum atomic E-state index is 12.2. The minimum Gasteiger partial charge on any atom is -0.445 e. The molecule has 0 N–H and O–H groups in total. The van der Waals surface area contributed by atoms with Gasteiger partial charge in [0.15, 0.2) is 0 Å². The van der Waals surface area contributed by atoms with Gasteiger partial charge in [-0.1, -0.05) is 0 Å². The summed E-state index contributed by atoms with van der Waals surface area (Å²) >= 11 is 4.23. The number of pyridine rings is 1. The molecular formula is C8H7BBrF3KNS. The zero-order valence-electron chi connectivity index (χ0n) is 8.59. The average molecular weight is 336 g/mol. The van der Waals surface area contributed by atoms with Crippen LogP contribution in [0.15, 0.2) is 39.9 Å². The Morgan fingerprint density at radius 1 is 1.50 bits per heavy atom. The van der Waals surface area contributed by atoms with Gasteiger partial charge >= 0.3 is 58.4 Å². The third-order valence-electron chi connectivity index (χ3n) is 1.58. The van der Waals surface area contributed by atoms with Crippen LogP contribution in [0.25, 0.3) is 0 Å². The number of thioether (sulfide) groups is 1. The quantitative estimate of drug-likeness (QED) is 0.598. The van der Waals surface area contributed by atoms with E-state index in [1.54, 1.807) is 12.1 Å². The molecule has 0 unspecified atom stereocenters. The van der Waals surface area contributed by atoms with E-state index in [0.717, 1.165) is 11.8 Å². The second-order valence-electron chi connectivity index (χ2n) is 2.81. The van der Waals surface area contributed by atoms with E-state index in [4.69, 9.17) is 0 Å². The molecule has 8 heteroatoms. The summed E-state index contributed by atoms with van der Waals surface area (Å²) in [6, 6.07) is 3.44. The molecular weight excluding hydrogens is 329 g/mol. The van der Waals surface area contributed by atoms with Crippen molar-refractivity contribution in [2.24, 2.45) is 0 Å². The van der Waals surface area contributed by atoms with Crippen LogP contribution in [0.4, 0.5) is 12.9 Å². The molecule has 0 aliphatic carbocycles. The van der Waals surface area contributed by atoms with Crippen LogP contribution in [0.1, 0.15) is 0 Å². The van der Waals surface area contributed by atoms with Crippen molar-refractivity contribution in [3.05, 3.63) is 34.9 Å². The summed E-state index contributed by atoms with van der Waals surface area (Å²) in [7, 11) is 0. The van der Waals surface area contributed by atoms with Crippen molar-refractivity contribution < 1.29 is 64.3 Å². The molecule has 16 heavy (non-hydrogen) atoms. The van der Waals surface area contributed by atoms with Crippen molar-refractivity contribution in [1.82, 2.24) is 4.98 Å². The fourth-order valence-corrected chi connectivity index (χ4v) is 2.18. The van der Waals surface area contributed by atoms with E-state index in [1.807, 2.05) is 0 Å².